The van der Waals surface area contributed by atoms with Crippen LogP contribution in [0.15, 0.2) is 47.5 Å². The summed E-state index contributed by atoms with van der Waals surface area (Å²) < 4.78 is 25.0. The number of nitrogens with one attached hydrogen (secondary N) is 1. The number of hydrogen-bond donors (Lipinski definition) is 1. The highest BCUT2D eigenvalue weighted by Gasteiger charge is 2.06. The lowest BCUT2D eigenvalue weighted by molar-refractivity contribution is 0.602. The first kappa shape index (κ1) is 14.7. The minimum Gasteiger partial charge on any atom is -0.379 e. The molecule has 0 saturated heterocycles. The van der Waals surface area contributed by atoms with Crippen LogP contribution in [0.3, 0.4) is 0 Å². The molecule has 0 saturated carbocycles. The van der Waals surface area contributed by atoms with Gasteiger partial charge in [-0.3, -0.25) is 0 Å². The molecule has 0 amide bonds. The van der Waals surface area contributed by atoms with E-state index in [2.05, 4.69) is 29.1 Å². The molecule has 2 aromatic rings. The molecular formula is C15H20N2O2S. The molecule has 5 heteroatoms. The Balaban J connectivity index is 2.02. The predicted octanol–water partition coefficient (Wildman–Crippen LogP) is 2.91. The van der Waals surface area contributed by atoms with E-state index in [1.165, 1.54) is 11.9 Å². The molecule has 0 spiro atoms. The van der Waals surface area contributed by atoms with Crippen LogP contribution in [0.4, 0.5) is 5.69 Å². The molecule has 20 heavy (non-hydrogen) atoms. The summed E-state index contributed by atoms with van der Waals surface area (Å²) in [5.74, 6) is 0. The SMILES string of the molecule is CCCn1cccc1CNc1ccc(S(C)(=O)=O)cc1. The number of anilines is 1. The van der Waals surface area contributed by atoms with Crippen molar-refractivity contribution in [2.24, 2.45) is 0 Å². The van der Waals surface area contributed by atoms with Crippen molar-refractivity contribution in [3.05, 3.63) is 48.3 Å². The molecule has 1 aromatic heterocycles. The van der Waals surface area contributed by atoms with E-state index in [4.69, 9.17) is 0 Å². The fourth-order valence-corrected chi connectivity index (χ4v) is 2.71. The maximum Gasteiger partial charge on any atom is 0.175 e. The summed E-state index contributed by atoms with van der Waals surface area (Å²) in [6, 6.07) is 11.0. The average molecular weight is 292 g/mol. The number of aromatic nitrogens is 1. The fourth-order valence-electron chi connectivity index (χ4n) is 2.08. The summed E-state index contributed by atoms with van der Waals surface area (Å²) in [7, 11) is -3.12. The van der Waals surface area contributed by atoms with E-state index in [0.717, 1.165) is 25.2 Å². The van der Waals surface area contributed by atoms with Crippen LogP contribution in [0.2, 0.25) is 0 Å². The van der Waals surface area contributed by atoms with Crippen molar-refractivity contribution >= 4 is 15.5 Å². The second kappa shape index (κ2) is 6.13. The molecule has 0 radical (unpaired) electrons. The number of aryl methyl sites for hydroxylation is 1. The quantitative estimate of drug-likeness (QED) is 0.890. The van der Waals surface area contributed by atoms with Crippen molar-refractivity contribution in [2.45, 2.75) is 31.3 Å². The Morgan fingerprint density at radius 3 is 2.45 bits per heavy atom. The van der Waals surface area contributed by atoms with E-state index in [0.29, 0.717) is 4.90 Å². The molecule has 2 rings (SSSR count). The summed E-state index contributed by atoms with van der Waals surface area (Å²) in [5, 5.41) is 3.31. The van der Waals surface area contributed by atoms with E-state index in [1.54, 1.807) is 24.3 Å². The highest BCUT2D eigenvalue weighted by Crippen LogP contribution is 2.15. The van der Waals surface area contributed by atoms with Crippen molar-refractivity contribution in [2.75, 3.05) is 11.6 Å². The summed E-state index contributed by atoms with van der Waals surface area (Å²) in [6.45, 7) is 3.89. The minimum atomic E-state index is -3.12. The molecule has 0 aliphatic rings. The lowest BCUT2D eigenvalue weighted by Crippen LogP contribution is -2.07. The molecule has 0 bridgehead atoms. The third kappa shape index (κ3) is 3.63. The lowest BCUT2D eigenvalue weighted by atomic mass is 10.3. The Bertz CT molecular complexity index is 657. The van der Waals surface area contributed by atoms with Crippen molar-refractivity contribution in [1.29, 1.82) is 0 Å². The minimum absolute atomic E-state index is 0.345. The van der Waals surface area contributed by atoms with Gasteiger partial charge in [0.05, 0.1) is 11.4 Å². The number of nitrogens with zero attached hydrogens (tertiary/aromatic N) is 1. The summed E-state index contributed by atoms with van der Waals surface area (Å²) in [4.78, 5) is 0.345. The molecule has 0 atom stereocenters. The molecular weight excluding hydrogens is 272 g/mol. The third-order valence-electron chi connectivity index (χ3n) is 3.14. The van der Waals surface area contributed by atoms with Crippen molar-refractivity contribution < 1.29 is 8.42 Å². The van der Waals surface area contributed by atoms with Gasteiger partial charge in [0.2, 0.25) is 0 Å². The van der Waals surface area contributed by atoms with Crippen molar-refractivity contribution in [3.8, 4) is 0 Å². The molecule has 1 N–H and O–H groups in total. The van der Waals surface area contributed by atoms with Crippen LogP contribution in [-0.2, 0) is 22.9 Å². The molecule has 0 unspecified atom stereocenters. The van der Waals surface area contributed by atoms with Gasteiger partial charge in [-0.2, -0.15) is 0 Å². The van der Waals surface area contributed by atoms with E-state index < -0.39 is 9.84 Å². The normalized spacial score (nSPS) is 11.5. The highest BCUT2D eigenvalue weighted by atomic mass is 32.2. The van der Waals surface area contributed by atoms with E-state index in [9.17, 15) is 8.42 Å². The molecule has 0 aliphatic heterocycles. The predicted molar refractivity (Wildman–Crippen MR) is 81.6 cm³/mol. The summed E-state index contributed by atoms with van der Waals surface area (Å²) in [6.07, 6.45) is 4.39. The fraction of sp³-hybridized carbons (Fsp3) is 0.333. The molecule has 4 nitrogen and oxygen atoms in total. The molecule has 0 aliphatic carbocycles. The monoisotopic (exact) mass is 292 g/mol. The Hall–Kier alpha value is -1.75. The summed E-state index contributed by atoms with van der Waals surface area (Å²) >= 11 is 0. The zero-order chi connectivity index (χ0) is 14.6. The number of rotatable bonds is 6. The zero-order valence-electron chi connectivity index (χ0n) is 11.8. The van der Waals surface area contributed by atoms with Gasteiger partial charge in [0.1, 0.15) is 0 Å². The topological polar surface area (TPSA) is 51.1 Å². The van der Waals surface area contributed by atoms with Crippen molar-refractivity contribution in [3.63, 3.8) is 0 Å². The Labute approximate surface area is 120 Å². The van der Waals surface area contributed by atoms with Crippen molar-refractivity contribution in [1.82, 2.24) is 4.57 Å². The maximum absolute atomic E-state index is 11.4. The standard InChI is InChI=1S/C15H20N2O2S/c1-3-10-17-11-4-5-14(17)12-16-13-6-8-15(9-7-13)20(2,18)19/h4-9,11,16H,3,10,12H2,1-2H3. The van der Waals surface area contributed by atoms with Gasteiger partial charge >= 0.3 is 0 Å². The highest BCUT2D eigenvalue weighted by molar-refractivity contribution is 7.90. The van der Waals surface area contributed by atoms with Crippen LogP contribution in [0, 0.1) is 0 Å². The third-order valence-corrected chi connectivity index (χ3v) is 4.27. The van der Waals surface area contributed by atoms with Crippen LogP contribution in [0.5, 0.6) is 0 Å². The molecule has 0 fully saturated rings. The summed E-state index contributed by atoms with van der Waals surface area (Å²) in [5.41, 5.74) is 2.14. The van der Waals surface area contributed by atoms with Crippen LogP contribution < -0.4 is 5.32 Å². The number of benzene rings is 1. The number of sulfone groups is 1. The average Bonchev–Trinajstić information content (AvgIpc) is 2.84. The van der Waals surface area contributed by atoms with Gasteiger partial charge in [-0.05, 0) is 42.8 Å². The Kier molecular flexibility index (Phi) is 4.49. The molecule has 1 heterocycles. The molecule has 108 valence electrons. The van der Waals surface area contributed by atoms with Crippen LogP contribution in [-0.4, -0.2) is 19.2 Å². The van der Waals surface area contributed by atoms with E-state index in [1.807, 2.05) is 6.07 Å². The first-order valence-corrected chi connectivity index (χ1v) is 8.58. The van der Waals surface area contributed by atoms with Gasteiger partial charge in [-0.1, -0.05) is 6.92 Å². The Morgan fingerprint density at radius 2 is 1.85 bits per heavy atom. The first-order chi connectivity index (χ1) is 9.50. The van der Waals surface area contributed by atoms with Gasteiger partial charge in [-0.25, -0.2) is 8.42 Å². The maximum atomic E-state index is 11.4. The van der Waals surface area contributed by atoms with Crippen LogP contribution in [0.1, 0.15) is 19.0 Å². The zero-order valence-corrected chi connectivity index (χ0v) is 12.7. The van der Waals surface area contributed by atoms with E-state index >= 15 is 0 Å². The lowest BCUT2D eigenvalue weighted by Gasteiger charge is -2.10. The van der Waals surface area contributed by atoms with E-state index in [-0.39, 0.29) is 0 Å². The van der Waals surface area contributed by atoms with Gasteiger partial charge in [0.15, 0.2) is 9.84 Å². The number of hydrogen-bond acceptors (Lipinski definition) is 3. The smallest absolute Gasteiger partial charge is 0.175 e. The second-order valence-electron chi connectivity index (χ2n) is 4.84. The first-order valence-electron chi connectivity index (χ1n) is 6.68. The largest absolute Gasteiger partial charge is 0.379 e. The van der Waals surface area contributed by atoms with Crippen LogP contribution >= 0.6 is 0 Å². The molecule has 1 aromatic carbocycles. The van der Waals surface area contributed by atoms with Gasteiger partial charge in [-0.15, -0.1) is 0 Å². The second-order valence-corrected chi connectivity index (χ2v) is 6.86. The Morgan fingerprint density at radius 1 is 1.15 bits per heavy atom. The van der Waals surface area contributed by atoms with Crippen LogP contribution in [0.25, 0.3) is 0 Å². The van der Waals surface area contributed by atoms with Gasteiger partial charge in [0, 0.05) is 30.4 Å². The van der Waals surface area contributed by atoms with Gasteiger partial charge < -0.3 is 9.88 Å². The van der Waals surface area contributed by atoms with Gasteiger partial charge in [0.25, 0.3) is 0 Å².